The van der Waals surface area contributed by atoms with Crippen molar-refractivity contribution in [2.24, 2.45) is 17.6 Å². The van der Waals surface area contributed by atoms with Crippen molar-refractivity contribution in [3.63, 3.8) is 0 Å². The van der Waals surface area contributed by atoms with Gasteiger partial charge in [0, 0.05) is 0 Å². The number of nitrogens with two attached hydrogens (primary N) is 1. The maximum absolute atomic E-state index is 5.73. The van der Waals surface area contributed by atoms with E-state index in [1.54, 1.807) is 0 Å². The van der Waals surface area contributed by atoms with Gasteiger partial charge in [-0.15, -0.1) is 6.42 Å². The lowest BCUT2D eigenvalue weighted by Crippen LogP contribution is -2.29. The lowest BCUT2D eigenvalue weighted by molar-refractivity contribution is 0.389. The van der Waals surface area contributed by atoms with E-state index in [-0.39, 0.29) is 6.04 Å². The Hall–Kier alpha value is -0.480. The van der Waals surface area contributed by atoms with E-state index >= 15 is 0 Å². The first-order valence-corrected chi connectivity index (χ1v) is 3.97. The van der Waals surface area contributed by atoms with E-state index in [4.69, 9.17) is 12.2 Å². The van der Waals surface area contributed by atoms with Crippen LogP contribution in [-0.2, 0) is 0 Å². The molecule has 1 aliphatic rings. The Balaban J connectivity index is 2.48. The van der Waals surface area contributed by atoms with Crippen molar-refractivity contribution in [1.29, 1.82) is 0 Å². The van der Waals surface area contributed by atoms with Gasteiger partial charge in [0.15, 0.2) is 0 Å². The number of hydrogen-bond donors (Lipinski definition) is 1. The molecule has 0 aromatic carbocycles. The molecule has 0 bridgehead atoms. The Labute approximate surface area is 63.0 Å². The minimum Gasteiger partial charge on any atom is -0.317 e. The van der Waals surface area contributed by atoms with E-state index in [1.807, 2.05) is 0 Å². The number of hydrogen-bond acceptors (Lipinski definition) is 1. The van der Waals surface area contributed by atoms with Crippen LogP contribution in [0.15, 0.2) is 0 Å². The molecule has 1 rings (SSSR count). The van der Waals surface area contributed by atoms with Gasteiger partial charge in [0.1, 0.15) is 0 Å². The van der Waals surface area contributed by atoms with Crippen LogP contribution in [0, 0.1) is 24.2 Å². The third-order valence-corrected chi connectivity index (χ3v) is 2.58. The van der Waals surface area contributed by atoms with Gasteiger partial charge in [-0.05, 0) is 18.3 Å². The summed E-state index contributed by atoms with van der Waals surface area (Å²) in [6.45, 7) is 2.24. The number of rotatable bonds is 1. The van der Waals surface area contributed by atoms with Crippen LogP contribution in [0.2, 0.25) is 0 Å². The highest BCUT2D eigenvalue weighted by molar-refractivity contribution is 5.02. The van der Waals surface area contributed by atoms with Gasteiger partial charge in [-0.25, -0.2) is 0 Å². The average molecular weight is 137 g/mol. The van der Waals surface area contributed by atoms with Gasteiger partial charge in [0.2, 0.25) is 0 Å². The molecule has 0 heterocycles. The summed E-state index contributed by atoms with van der Waals surface area (Å²) in [5.41, 5.74) is 5.73. The second-order valence-corrected chi connectivity index (χ2v) is 3.26. The molecule has 0 aromatic heterocycles. The zero-order valence-electron chi connectivity index (χ0n) is 6.51. The molecule has 3 unspecified atom stereocenters. The largest absolute Gasteiger partial charge is 0.317 e. The summed E-state index contributed by atoms with van der Waals surface area (Å²) in [7, 11) is 0. The van der Waals surface area contributed by atoms with Crippen molar-refractivity contribution >= 4 is 0 Å². The van der Waals surface area contributed by atoms with Gasteiger partial charge in [-0.2, -0.15) is 0 Å². The Morgan fingerprint density at radius 2 is 2.30 bits per heavy atom. The van der Waals surface area contributed by atoms with Crippen molar-refractivity contribution in [2.45, 2.75) is 32.2 Å². The van der Waals surface area contributed by atoms with Gasteiger partial charge in [-0.1, -0.05) is 25.7 Å². The van der Waals surface area contributed by atoms with E-state index in [2.05, 4.69) is 12.8 Å². The Kier molecular flexibility index (Phi) is 2.34. The normalized spacial score (nSPS) is 35.3. The zero-order chi connectivity index (χ0) is 7.56. The molecule has 0 radical (unpaired) electrons. The van der Waals surface area contributed by atoms with Crippen LogP contribution in [0.25, 0.3) is 0 Å². The molecule has 0 amide bonds. The molecule has 0 aromatic rings. The summed E-state index contributed by atoms with van der Waals surface area (Å²) in [5, 5.41) is 0. The van der Waals surface area contributed by atoms with Crippen molar-refractivity contribution < 1.29 is 0 Å². The quantitative estimate of drug-likeness (QED) is 0.543. The summed E-state index contributed by atoms with van der Waals surface area (Å²) in [5.74, 6) is 3.94. The molecule has 0 aliphatic heterocycles. The molecule has 1 heteroatoms. The van der Waals surface area contributed by atoms with Crippen LogP contribution in [0.5, 0.6) is 0 Å². The average Bonchev–Trinajstić information content (AvgIpc) is 2.34. The monoisotopic (exact) mass is 137 g/mol. The van der Waals surface area contributed by atoms with Gasteiger partial charge in [0.25, 0.3) is 0 Å². The smallest absolute Gasteiger partial charge is 0.0693 e. The van der Waals surface area contributed by atoms with Crippen LogP contribution in [0.1, 0.15) is 26.2 Å². The molecule has 1 saturated carbocycles. The molecule has 10 heavy (non-hydrogen) atoms. The summed E-state index contributed by atoms with van der Waals surface area (Å²) in [6, 6.07) is -0.00231. The maximum atomic E-state index is 5.73. The van der Waals surface area contributed by atoms with Crippen LogP contribution in [0.3, 0.4) is 0 Å². The first kappa shape index (κ1) is 7.63. The fourth-order valence-electron chi connectivity index (χ4n) is 1.83. The second kappa shape index (κ2) is 3.07. The molecule has 56 valence electrons. The third-order valence-electron chi connectivity index (χ3n) is 2.58. The molecule has 2 N–H and O–H groups in total. The minimum absolute atomic E-state index is 0.00231. The Morgan fingerprint density at radius 3 is 2.70 bits per heavy atom. The van der Waals surface area contributed by atoms with E-state index in [9.17, 15) is 0 Å². The second-order valence-electron chi connectivity index (χ2n) is 3.26. The summed E-state index contributed by atoms with van der Waals surface area (Å²) in [4.78, 5) is 0. The molecular formula is C9H15N. The molecule has 0 saturated heterocycles. The first-order valence-electron chi connectivity index (χ1n) is 3.97. The van der Waals surface area contributed by atoms with Crippen molar-refractivity contribution in [1.82, 2.24) is 0 Å². The molecule has 0 spiro atoms. The van der Waals surface area contributed by atoms with Crippen LogP contribution in [0.4, 0.5) is 0 Å². The van der Waals surface area contributed by atoms with Crippen molar-refractivity contribution in [3.05, 3.63) is 0 Å². The lowest BCUT2D eigenvalue weighted by atomic mass is 9.91. The van der Waals surface area contributed by atoms with Crippen molar-refractivity contribution in [3.8, 4) is 12.3 Å². The van der Waals surface area contributed by atoms with E-state index in [0.717, 1.165) is 5.92 Å². The SMILES string of the molecule is C#CC(N)C1CCCC1C. The summed E-state index contributed by atoms with van der Waals surface area (Å²) < 4.78 is 0. The van der Waals surface area contributed by atoms with Crippen LogP contribution in [-0.4, -0.2) is 6.04 Å². The highest BCUT2D eigenvalue weighted by atomic mass is 14.6. The number of terminal acetylenes is 1. The van der Waals surface area contributed by atoms with E-state index in [1.165, 1.54) is 19.3 Å². The van der Waals surface area contributed by atoms with Crippen LogP contribution >= 0.6 is 0 Å². The van der Waals surface area contributed by atoms with E-state index in [0.29, 0.717) is 5.92 Å². The first-order chi connectivity index (χ1) is 4.75. The topological polar surface area (TPSA) is 26.0 Å². The fraction of sp³-hybridized carbons (Fsp3) is 0.778. The Bertz CT molecular complexity index is 145. The lowest BCUT2D eigenvalue weighted by Gasteiger charge is -2.17. The highest BCUT2D eigenvalue weighted by Crippen LogP contribution is 2.32. The van der Waals surface area contributed by atoms with Crippen LogP contribution < -0.4 is 5.73 Å². The van der Waals surface area contributed by atoms with Gasteiger partial charge in [-0.3, -0.25) is 0 Å². The molecule has 1 aliphatic carbocycles. The fourth-order valence-corrected chi connectivity index (χ4v) is 1.83. The highest BCUT2D eigenvalue weighted by Gasteiger charge is 2.27. The third kappa shape index (κ3) is 1.33. The van der Waals surface area contributed by atoms with E-state index < -0.39 is 0 Å². The van der Waals surface area contributed by atoms with Gasteiger partial charge < -0.3 is 5.73 Å². The summed E-state index contributed by atoms with van der Waals surface area (Å²) >= 11 is 0. The summed E-state index contributed by atoms with van der Waals surface area (Å²) in [6.07, 6.45) is 9.08. The van der Waals surface area contributed by atoms with Crippen molar-refractivity contribution in [2.75, 3.05) is 0 Å². The van der Waals surface area contributed by atoms with Gasteiger partial charge >= 0.3 is 0 Å². The molecular weight excluding hydrogens is 122 g/mol. The molecule has 1 nitrogen and oxygen atoms in total. The predicted molar refractivity (Wildman–Crippen MR) is 43.3 cm³/mol. The zero-order valence-corrected chi connectivity index (χ0v) is 6.51. The standard InChI is InChI=1S/C9H15N/c1-3-9(10)8-6-4-5-7(8)2/h1,7-9H,4-6,10H2,2H3. The minimum atomic E-state index is -0.00231. The molecule has 3 atom stereocenters. The molecule has 1 fully saturated rings. The predicted octanol–water partition coefficient (Wildman–Crippen LogP) is 1.38. The van der Waals surface area contributed by atoms with Gasteiger partial charge in [0.05, 0.1) is 6.04 Å². The maximum Gasteiger partial charge on any atom is 0.0693 e. The Morgan fingerprint density at radius 1 is 1.60 bits per heavy atom.